The molecule has 3 rings (SSSR count). The number of nitrogens with zero attached hydrogens (tertiary/aromatic N) is 4. The van der Waals surface area contributed by atoms with E-state index in [0.29, 0.717) is 51.4 Å². The maximum absolute atomic E-state index is 5.57. The van der Waals surface area contributed by atoms with Gasteiger partial charge in [0.1, 0.15) is 0 Å². The van der Waals surface area contributed by atoms with Gasteiger partial charge >= 0.3 is 0 Å². The minimum absolute atomic E-state index is 0.530. The fraction of sp³-hybridized carbons (Fsp3) is 0.591. The van der Waals surface area contributed by atoms with Crippen molar-refractivity contribution in [1.29, 1.82) is 0 Å². The Morgan fingerprint density at radius 1 is 0.806 bits per heavy atom. The van der Waals surface area contributed by atoms with Crippen LogP contribution in [0, 0.1) is 0 Å². The monoisotopic (exact) mass is 429 g/mol. The molecule has 0 atom stereocenters. The molecule has 0 unspecified atom stereocenters. The molecular weight excluding hydrogens is 394 g/mol. The SMILES string of the molecule is NCCOCCOCCNc1nc(NCCc2ccccc2)nc(N2CCCCC2)n1. The second-order valence-electron chi connectivity index (χ2n) is 7.43. The number of benzene rings is 1. The lowest BCUT2D eigenvalue weighted by atomic mass is 10.1. The molecule has 0 amide bonds. The first-order valence-corrected chi connectivity index (χ1v) is 11.2. The molecule has 2 aromatic rings. The number of rotatable bonds is 14. The predicted molar refractivity (Wildman–Crippen MR) is 124 cm³/mol. The third-order valence-electron chi connectivity index (χ3n) is 4.97. The van der Waals surface area contributed by atoms with E-state index in [2.05, 4.69) is 54.8 Å². The van der Waals surface area contributed by atoms with E-state index in [4.69, 9.17) is 15.2 Å². The normalized spacial score (nSPS) is 13.9. The van der Waals surface area contributed by atoms with Gasteiger partial charge in [-0.1, -0.05) is 30.3 Å². The Morgan fingerprint density at radius 2 is 1.48 bits per heavy atom. The highest BCUT2D eigenvalue weighted by atomic mass is 16.5. The van der Waals surface area contributed by atoms with Crippen LogP contribution < -0.4 is 21.3 Å². The van der Waals surface area contributed by atoms with Crippen molar-refractivity contribution in [2.75, 3.05) is 74.7 Å². The fourth-order valence-electron chi connectivity index (χ4n) is 3.36. The van der Waals surface area contributed by atoms with Crippen molar-refractivity contribution in [3.63, 3.8) is 0 Å². The molecule has 0 bridgehead atoms. The lowest BCUT2D eigenvalue weighted by Crippen LogP contribution is -2.31. The molecule has 1 aliphatic rings. The van der Waals surface area contributed by atoms with Crippen LogP contribution in [-0.4, -0.2) is 74.1 Å². The van der Waals surface area contributed by atoms with Crippen molar-refractivity contribution in [3.8, 4) is 0 Å². The molecule has 1 saturated heterocycles. The smallest absolute Gasteiger partial charge is 0.231 e. The fourth-order valence-corrected chi connectivity index (χ4v) is 3.36. The summed E-state index contributed by atoms with van der Waals surface area (Å²) in [6, 6.07) is 10.4. The van der Waals surface area contributed by atoms with Crippen LogP contribution >= 0.6 is 0 Å². The van der Waals surface area contributed by atoms with Crippen molar-refractivity contribution in [3.05, 3.63) is 35.9 Å². The van der Waals surface area contributed by atoms with Crippen LogP contribution in [0.1, 0.15) is 24.8 Å². The summed E-state index contributed by atoms with van der Waals surface area (Å²) in [7, 11) is 0. The van der Waals surface area contributed by atoms with Crippen LogP contribution in [0.4, 0.5) is 17.8 Å². The van der Waals surface area contributed by atoms with E-state index in [1.165, 1.54) is 24.8 Å². The maximum Gasteiger partial charge on any atom is 0.231 e. The lowest BCUT2D eigenvalue weighted by Gasteiger charge is -2.27. The minimum atomic E-state index is 0.530. The molecule has 1 aliphatic heterocycles. The zero-order chi connectivity index (χ0) is 21.6. The van der Waals surface area contributed by atoms with Gasteiger partial charge < -0.3 is 30.7 Å². The van der Waals surface area contributed by atoms with Crippen LogP contribution in [0.2, 0.25) is 0 Å². The quantitative estimate of drug-likeness (QED) is 0.388. The Bertz CT molecular complexity index is 742. The summed E-state index contributed by atoms with van der Waals surface area (Å²) in [6.45, 7) is 6.09. The van der Waals surface area contributed by atoms with Crippen molar-refractivity contribution in [2.45, 2.75) is 25.7 Å². The number of piperidine rings is 1. The summed E-state index contributed by atoms with van der Waals surface area (Å²) >= 11 is 0. The van der Waals surface area contributed by atoms with Crippen molar-refractivity contribution >= 4 is 17.8 Å². The molecule has 1 aromatic carbocycles. The van der Waals surface area contributed by atoms with Gasteiger partial charge in [0, 0.05) is 32.7 Å². The first-order valence-electron chi connectivity index (χ1n) is 11.2. The molecule has 31 heavy (non-hydrogen) atoms. The molecule has 0 saturated carbocycles. The molecule has 0 radical (unpaired) electrons. The molecule has 1 aromatic heterocycles. The van der Waals surface area contributed by atoms with Crippen molar-refractivity contribution < 1.29 is 9.47 Å². The maximum atomic E-state index is 5.57. The third-order valence-corrected chi connectivity index (χ3v) is 4.97. The highest BCUT2D eigenvalue weighted by Crippen LogP contribution is 2.18. The number of nitrogens with two attached hydrogens (primary N) is 1. The molecule has 0 spiro atoms. The van der Waals surface area contributed by atoms with Gasteiger partial charge in [-0.15, -0.1) is 0 Å². The summed E-state index contributed by atoms with van der Waals surface area (Å²) in [5, 5.41) is 6.62. The number of hydrogen-bond acceptors (Lipinski definition) is 9. The first-order chi connectivity index (χ1) is 15.3. The second-order valence-corrected chi connectivity index (χ2v) is 7.43. The average Bonchev–Trinajstić information content (AvgIpc) is 2.82. The predicted octanol–water partition coefficient (Wildman–Crippen LogP) is 1.92. The zero-order valence-corrected chi connectivity index (χ0v) is 18.3. The van der Waals surface area contributed by atoms with Gasteiger partial charge in [-0.25, -0.2) is 0 Å². The van der Waals surface area contributed by atoms with Gasteiger partial charge in [0.2, 0.25) is 17.8 Å². The molecule has 1 fully saturated rings. The van der Waals surface area contributed by atoms with Gasteiger partial charge in [0.15, 0.2) is 0 Å². The van der Waals surface area contributed by atoms with Crippen LogP contribution in [-0.2, 0) is 15.9 Å². The van der Waals surface area contributed by atoms with E-state index in [9.17, 15) is 0 Å². The number of aromatic nitrogens is 3. The van der Waals surface area contributed by atoms with Crippen molar-refractivity contribution in [1.82, 2.24) is 15.0 Å². The van der Waals surface area contributed by atoms with E-state index in [1.807, 2.05) is 6.07 Å². The van der Waals surface area contributed by atoms with Gasteiger partial charge in [-0.2, -0.15) is 15.0 Å². The van der Waals surface area contributed by atoms with E-state index < -0.39 is 0 Å². The van der Waals surface area contributed by atoms with E-state index >= 15 is 0 Å². The molecule has 4 N–H and O–H groups in total. The topological polar surface area (TPSA) is 110 Å². The Labute approximate surface area is 184 Å². The van der Waals surface area contributed by atoms with Gasteiger partial charge in [0.25, 0.3) is 0 Å². The summed E-state index contributed by atoms with van der Waals surface area (Å²) in [5.41, 5.74) is 6.67. The average molecular weight is 430 g/mol. The summed E-state index contributed by atoms with van der Waals surface area (Å²) in [4.78, 5) is 16.1. The molecule has 9 heteroatoms. The van der Waals surface area contributed by atoms with Crippen LogP contribution in [0.3, 0.4) is 0 Å². The van der Waals surface area contributed by atoms with E-state index in [1.54, 1.807) is 0 Å². The Kier molecular flexibility index (Phi) is 10.3. The highest BCUT2D eigenvalue weighted by Gasteiger charge is 2.16. The van der Waals surface area contributed by atoms with Gasteiger partial charge in [0.05, 0.1) is 26.4 Å². The molecular formula is C22H35N7O2. The van der Waals surface area contributed by atoms with Crippen molar-refractivity contribution in [2.24, 2.45) is 5.73 Å². The summed E-state index contributed by atoms with van der Waals surface area (Å²) in [5.74, 6) is 1.90. The lowest BCUT2D eigenvalue weighted by molar-refractivity contribution is 0.0547. The Morgan fingerprint density at radius 3 is 2.19 bits per heavy atom. The Balaban J connectivity index is 1.52. The third kappa shape index (κ3) is 8.64. The van der Waals surface area contributed by atoms with Crippen LogP contribution in [0.5, 0.6) is 0 Å². The molecule has 2 heterocycles. The second kappa shape index (κ2) is 13.7. The molecule has 170 valence electrons. The van der Waals surface area contributed by atoms with E-state index in [-0.39, 0.29) is 0 Å². The van der Waals surface area contributed by atoms with Crippen LogP contribution in [0.25, 0.3) is 0 Å². The van der Waals surface area contributed by atoms with Crippen LogP contribution in [0.15, 0.2) is 30.3 Å². The van der Waals surface area contributed by atoms with Gasteiger partial charge in [-0.3, -0.25) is 0 Å². The summed E-state index contributed by atoms with van der Waals surface area (Å²) in [6.07, 6.45) is 4.52. The van der Waals surface area contributed by atoms with Gasteiger partial charge in [-0.05, 0) is 31.2 Å². The molecule has 0 aliphatic carbocycles. The minimum Gasteiger partial charge on any atom is -0.378 e. The zero-order valence-electron chi connectivity index (χ0n) is 18.3. The first kappa shape index (κ1) is 23.2. The number of nitrogens with one attached hydrogen (secondary N) is 2. The standard InChI is InChI=1S/C22H35N7O2/c23-10-15-30-17-18-31-16-12-25-21-26-20(24-11-9-19-7-3-1-4-8-19)27-22(28-21)29-13-5-2-6-14-29/h1,3-4,7-8H,2,5-6,9-18,23H2,(H2,24,25,26,27,28). The van der Waals surface area contributed by atoms with E-state index in [0.717, 1.165) is 32.0 Å². The highest BCUT2D eigenvalue weighted by molar-refractivity contribution is 5.44. The number of ether oxygens (including phenoxy) is 2. The summed E-state index contributed by atoms with van der Waals surface area (Å²) < 4.78 is 10.9. The Hall–Kier alpha value is -2.49. The number of hydrogen-bond donors (Lipinski definition) is 3. The largest absolute Gasteiger partial charge is 0.378 e. The molecule has 9 nitrogen and oxygen atoms in total. The number of anilines is 3.